The number of hydrogen-bond acceptors (Lipinski definition) is 3. The molecule has 1 heterocycles. The van der Waals surface area contributed by atoms with Crippen LogP contribution in [0.3, 0.4) is 0 Å². The van der Waals surface area contributed by atoms with Gasteiger partial charge in [-0.2, -0.15) is 0 Å². The van der Waals surface area contributed by atoms with Crippen LogP contribution in [0.25, 0.3) is 0 Å². The number of fused-ring (bicyclic) bond motifs is 1. The van der Waals surface area contributed by atoms with Gasteiger partial charge < -0.3 is 4.74 Å². The van der Waals surface area contributed by atoms with Crippen molar-refractivity contribution in [3.05, 3.63) is 108 Å². The van der Waals surface area contributed by atoms with E-state index in [1.165, 1.54) is 4.90 Å². The second kappa shape index (κ2) is 8.46. The fraction of sp³-hybridized carbons (Fsp3) is 0.214. The molecule has 32 heavy (non-hydrogen) atoms. The number of ether oxygens (including phenoxy) is 1. The van der Waals surface area contributed by atoms with E-state index in [-0.39, 0.29) is 23.7 Å². The maximum absolute atomic E-state index is 13.9. The molecule has 0 radical (unpaired) electrons. The van der Waals surface area contributed by atoms with E-state index in [4.69, 9.17) is 4.74 Å². The molecule has 3 aromatic carbocycles. The lowest BCUT2D eigenvalue weighted by Crippen LogP contribution is -2.32. The van der Waals surface area contributed by atoms with Crippen molar-refractivity contribution in [2.75, 3.05) is 11.5 Å². The molecule has 1 aliphatic carbocycles. The third-order valence-electron chi connectivity index (χ3n) is 6.47. The van der Waals surface area contributed by atoms with Crippen molar-refractivity contribution in [1.82, 2.24) is 0 Å². The van der Waals surface area contributed by atoms with E-state index in [2.05, 4.69) is 12.2 Å². The Morgan fingerprint density at radius 3 is 1.66 bits per heavy atom. The van der Waals surface area contributed by atoms with Gasteiger partial charge in [-0.05, 0) is 30.2 Å². The SMILES string of the molecule is CCOc1ccccc1N1C(=O)[C@@H]2[C@H](C1=O)[C@@H](c1ccccc1)C=C[C@@H]2c1ccccc1. The number of anilines is 1. The lowest BCUT2D eigenvalue weighted by molar-refractivity contribution is -0.122. The summed E-state index contributed by atoms with van der Waals surface area (Å²) in [6, 6.07) is 27.3. The standard InChI is InChI=1S/C28H25NO3/c1-2-32-24-16-10-9-15-23(24)29-27(30)25-21(19-11-5-3-6-12-19)17-18-22(26(25)28(29)31)20-13-7-4-8-14-20/h3-18,21-22,25-26H,2H2,1H3/t21-,22-,25-,26+/m1/s1. The molecule has 3 aromatic rings. The molecule has 2 amide bonds. The monoisotopic (exact) mass is 423 g/mol. The number of hydrogen-bond donors (Lipinski definition) is 0. The fourth-order valence-electron chi connectivity index (χ4n) is 5.09. The number of carbonyl (C=O) groups excluding carboxylic acids is 2. The first-order chi connectivity index (χ1) is 15.7. The van der Waals surface area contributed by atoms with Gasteiger partial charge in [0.1, 0.15) is 5.75 Å². The highest BCUT2D eigenvalue weighted by Gasteiger charge is 2.55. The minimum atomic E-state index is -0.463. The summed E-state index contributed by atoms with van der Waals surface area (Å²) < 4.78 is 5.76. The van der Waals surface area contributed by atoms with Gasteiger partial charge in [0.15, 0.2) is 0 Å². The van der Waals surface area contributed by atoms with Crippen molar-refractivity contribution in [2.24, 2.45) is 11.8 Å². The first-order valence-corrected chi connectivity index (χ1v) is 11.1. The Morgan fingerprint density at radius 2 is 1.16 bits per heavy atom. The van der Waals surface area contributed by atoms with E-state index in [9.17, 15) is 9.59 Å². The van der Waals surface area contributed by atoms with E-state index in [0.29, 0.717) is 18.0 Å². The van der Waals surface area contributed by atoms with Gasteiger partial charge in [-0.25, -0.2) is 4.90 Å². The van der Waals surface area contributed by atoms with Crippen LogP contribution in [-0.4, -0.2) is 18.4 Å². The first kappa shape index (κ1) is 20.3. The molecule has 0 saturated carbocycles. The Hall–Kier alpha value is -3.66. The number of imide groups is 1. The summed E-state index contributed by atoms with van der Waals surface area (Å²) in [6.45, 7) is 2.35. The Kier molecular flexibility index (Phi) is 5.36. The van der Waals surface area contributed by atoms with Gasteiger partial charge in [-0.1, -0.05) is 84.9 Å². The van der Waals surface area contributed by atoms with Crippen LogP contribution in [0.5, 0.6) is 5.75 Å². The van der Waals surface area contributed by atoms with Crippen LogP contribution in [-0.2, 0) is 9.59 Å². The van der Waals surface area contributed by atoms with Crippen LogP contribution < -0.4 is 9.64 Å². The van der Waals surface area contributed by atoms with E-state index >= 15 is 0 Å². The number of rotatable bonds is 5. The summed E-state index contributed by atoms with van der Waals surface area (Å²) >= 11 is 0. The van der Waals surface area contributed by atoms with Gasteiger partial charge in [0.05, 0.1) is 24.1 Å². The van der Waals surface area contributed by atoms with Crippen molar-refractivity contribution in [2.45, 2.75) is 18.8 Å². The lowest BCUT2D eigenvalue weighted by atomic mass is 9.68. The molecule has 4 atom stereocenters. The minimum Gasteiger partial charge on any atom is -0.492 e. The molecular weight excluding hydrogens is 398 g/mol. The summed E-state index contributed by atoms with van der Waals surface area (Å²) in [5.41, 5.74) is 2.62. The predicted molar refractivity (Wildman–Crippen MR) is 125 cm³/mol. The molecule has 4 nitrogen and oxygen atoms in total. The molecule has 0 spiro atoms. The zero-order valence-electron chi connectivity index (χ0n) is 17.9. The van der Waals surface area contributed by atoms with Gasteiger partial charge in [0.25, 0.3) is 0 Å². The van der Waals surface area contributed by atoms with Crippen LogP contribution in [0.1, 0.15) is 29.9 Å². The van der Waals surface area contributed by atoms with Crippen molar-refractivity contribution in [1.29, 1.82) is 0 Å². The third-order valence-corrected chi connectivity index (χ3v) is 6.47. The van der Waals surface area contributed by atoms with Crippen LogP contribution in [0, 0.1) is 11.8 Å². The second-order valence-electron chi connectivity index (χ2n) is 8.22. The fourth-order valence-corrected chi connectivity index (χ4v) is 5.09. The quantitative estimate of drug-likeness (QED) is 0.412. The number of benzene rings is 3. The second-order valence-corrected chi connectivity index (χ2v) is 8.22. The van der Waals surface area contributed by atoms with Crippen molar-refractivity contribution in [3.8, 4) is 5.75 Å². The number of allylic oxidation sites excluding steroid dienone is 2. The van der Waals surface area contributed by atoms with Crippen molar-refractivity contribution < 1.29 is 14.3 Å². The number of carbonyl (C=O) groups is 2. The number of para-hydroxylation sites is 2. The van der Waals surface area contributed by atoms with Crippen molar-refractivity contribution in [3.63, 3.8) is 0 Å². The lowest BCUT2D eigenvalue weighted by Gasteiger charge is -2.32. The van der Waals surface area contributed by atoms with Gasteiger partial charge in [0.2, 0.25) is 11.8 Å². The predicted octanol–water partition coefficient (Wildman–Crippen LogP) is 5.33. The number of amides is 2. The summed E-state index contributed by atoms with van der Waals surface area (Å²) in [6.07, 6.45) is 4.22. The third kappa shape index (κ3) is 3.32. The Bertz CT molecular complexity index is 1090. The normalized spacial score (nSPS) is 24.5. The molecule has 2 aliphatic rings. The molecule has 1 fully saturated rings. The maximum atomic E-state index is 13.9. The average Bonchev–Trinajstić information content (AvgIpc) is 3.11. The first-order valence-electron chi connectivity index (χ1n) is 11.1. The van der Waals surface area contributed by atoms with E-state index in [1.807, 2.05) is 85.8 Å². The molecular formula is C28H25NO3. The minimum absolute atomic E-state index is 0.151. The molecule has 0 unspecified atom stereocenters. The Labute approximate surface area is 188 Å². The molecule has 5 rings (SSSR count). The molecule has 0 aromatic heterocycles. The Balaban J connectivity index is 1.63. The smallest absolute Gasteiger partial charge is 0.238 e. The molecule has 0 N–H and O–H groups in total. The summed E-state index contributed by atoms with van der Waals surface area (Å²) in [5.74, 6) is -0.998. The summed E-state index contributed by atoms with van der Waals surface area (Å²) in [5, 5.41) is 0. The maximum Gasteiger partial charge on any atom is 0.238 e. The van der Waals surface area contributed by atoms with Gasteiger partial charge in [-0.15, -0.1) is 0 Å². The summed E-state index contributed by atoms with van der Waals surface area (Å²) in [4.78, 5) is 29.1. The van der Waals surface area contributed by atoms with Gasteiger partial charge >= 0.3 is 0 Å². The van der Waals surface area contributed by atoms with E-state index in [0.717, 1.165) is 11.1 Å². The average molecular weight is 424 g/mol. The van der Waals surface area contributed by atoms with Gasteiger partial charge in [-0.3, -0.25) is 9.59 Å². The van der Waals surface area contributed by atoms with Crippen LogP contribution in [0.2, 0.25) is 0 Å². The van der Waals surface area contributed by atoms with Crippen LogP contribution in [0.4, 0.5) is 5.69 Å². The molecule has 160 valence electrons. The number of nitrogens with zero attached hydrogens (tertiary/aromatic N) is 1. The largest absolute Gasteiger partial charge is 0.492 e. The highest BCUT2D eigenvalue weighted by Crippen LogP contribution is 2.51. The van der Waals surface area contributed by atoms with Crippen LogP contribution >= 0.6 is 0 Å². The van der Waals surface area contributed by atoms with Crippen molar-refractivity contribution >= 4 is 17.5 Å². The topological polar surface area (TPSA) is 46.6 Å². The molecule has 1 saturated heterocycles. The zero-order chi connectivity index (χ0) is 22.1. The highest BCUT2D eigenvalue weighted by atomic mass is 16.5. The molecule has 1 aliphatic heterocycles. The summed E-state index contributed by atoms with van der Waals surface area (Å²) in [7, 11) is 0. The molecule has 4 heteroatoms. The van der Waals surface area contributed by atoms with Crippen LogP contribution in [0.15, 0.2) is 97.1 Å². The molecule has 0 bridgehead atoms. The van der Waals surface area contributed by atoms with E-state index < -0.39 is 11.8 Å². The van der Waals surface area contributed by atoms with E-state index in [1.54, 1.807) is 6.07 Å². The zero-order valence-corrected chi connectivity index (χ0v) is 17.9. The highest BCUT2D eigenvalue weighted by molar-refractivity contribution is 6.23. The Morgan fingerprint density at radius 1 is 0.688 bits per heavy atom. The van der Waals surface area contributed by atoms with Gasteiger partial charge in [0, 0.05) is 11.8 Å².